The molecule has 1 fully saturated rings. The number of likely N-dealkylation sites (tertiary alicyclic amines) is 1. The Kier molecular flexibility index (Phi) is 3.35. The van der Waals surface area contributed by atoms with Crippen molar-refractivity contribution in [2.75, 3.05) is 20.1 Å². The average Bonchev–Trinajstić information content (AvgIpc) is 2.29. The Bertz CT molecular complexity index is 531. The van der Waals surface area contributed by atoms with Gasteiger partial charge in [0.15, 0.2) is 5.15 Å². The number of nitrogens with zero attached hydrogens (tertiary/aromatic N) is 2. The van der Waals surface area contributed by atoms with Crippen LogP contribution in [0.4, 0.5) is 4.39 Å². The van der Waals surface area contributed by atoms with Crippen LogP contribution in [-0.2, 0) is 0 Å². The van der Waals surface area contributed by atoms with Gasteiger partial charge in [0, 0.05) is 6.04 Å². The van der Waals surface area contributed by atoms with Crippen LogP contribution in [0, 0.1) is 5.82 Å². The number of piperidine rings is 1. The molecule has 94 valence electrons. The Morgan fingerprint density at radius 1 is 1.35 bits per heavy atom. The van der Waals surface area contributed by atoms with Crippen molar-refractivity contribution in [2.24, 2.45) is 0 Å². The van der Waals surface area contributed by atoms with Crippen molar-refractivity contribution in [1.29, 1.82) is 0 Å². The maximum absolute atomic E-state index is 13.4. The van der Waals surface area contributed by atoms with Gasteiger partial charge in [-0.15, -0.1) is 0 Å². The fourth-order valence-electron chi connectivity index (χ4n) is 2.09. The van der Waals surface area contributed by atoms with Gasteiger partial charge in [-0.05, 0) is 33.0 Å². The molecule has 2 rings (SSSR count). The first-order valence-corrected chi connectivity index (χ1v) is 5.77. The summed E-state index contributed by atoms with van der Waals surface area (Å²) in [5.41, 5.74) is -1.58. The average molecular weight is 262 g/mol. The number of aromatic nitrogens is 2. The van der Waals surface area contributed by atoms with Crippen molar-refractivity contribution in [2.45, 2.75) is 18.9 Å². The summed E-state index contributed by atoms with van der Waals surface area (Å²) in [5, 5.41) is -0.524. The Labute approximate surface area is 102 Å². The number of nitrogens with one attached hydrogen (secondary N) is 1. The standard InChI is InChI=1S/C10H13ClFN3O2/c1-14-4-2-6(3-5-14)15-9(16)7(12)8(11)13-10(15)17/h6H,2-5H2,1H3,(H,13,17). The third-order valence-corrected chi connectivity index (χ3v) is 3.35. The van der Waals surface area contributed by atoms with E-state index in [1.807, 2.05) is 7.05 Å². The number of hydrogen-bond donors (Lipinski definition) is 1. The van der Waals surface area contributed by atoms with Gasteiger partial charge in [0.05, 0.1) is 0 Å². The third-order valence-electron chi connectivity index (χ3n) is 3.09. The summed E-state index contributed by atoms with van der Waals surface area (Å²) < 4.78 is 14.3. The molecular weight excluding hydrogens is 249 g/mol. The molecule has 1 aromatic heterocycles. The molecule has 5 nitrogen and oxygen atoms in total. The van der Waals surface area contributed by atoms with Crippen molar-refractivity contribution in [1.82, 2.24) is 14.5 Å². The van der Waals surface area contributed by atoms with Crippen molar-refractivity contribution in [3.63, 3.8) is 0 Å². The van der Waals surface area contributed by atoms with Crippen LogP contribution in [0.25, 0.3) is 0 Å². The van der Waals surface area contributed by atoms with Gasteiger partial charge < -0.3 is 4.90 Å². The lowest BCUT2D eigenvalue weighted by Gasteiger charge is -2.29. The zero-order chi connectivity index (χ0) is 12.6. The summed E-state index contributed by atoms with van der Waals surface area (Å²) in [6.07, 6.45) is 1.31. The van der Waals surface area contributed by atoms with Gasteiger partial charge in [0.25, 0.3) is 5.56 Å². The van der Waals surface area contributed by atoms with Crippen LogP contribution in [0.1, 0.15) is 18.9 Å². The third kappa shape index (κ3) is 2.28. The van der Waals surface area contributed by atoms with E-state index >= 15 is 0 Å². The van der Waals surface area contributed by atoms with Crippen molar-refractivity contribution in [3.8, 4) is 0 Å². The Morgan fingerprint density at radius 2 is 1.94 bits per heavy atom. The molecule has 1 aliphatic rings. The number of rotatable bonds is 1. The van der Waals surface area contributed by atoms with Gasteiger partial charge in [0.1, 0.15) is 0 Å². The van der Waals surface area contributed by atoms with Gasteiger partial charge in [-0.25, -0.2) is 4.79 Å². The van der Waals surface area contributed by atoms with Gasteiger partial charge in [0.2, 0.25) is 5.82 Å². The first-order chi connectivity index (χ1) is 8.00. The molecule has 0 unspecified atom stereocenters. The van der Waals surface area contributed by atoms with Gasteiger partial charge in [-0.2, -0.15) is 4.39 Å². The second-order valence-corrected chi connectivity index (χ2v) is 4.65. The fourth-order valence-corrected chi connectivity index (χ4v) is 2.25. The predicted molar refractivity (Wildman–Crippen MR) is 62.1 cm³/mol. The highest BCUT2D eigenvalue weighted by atomic mass is 35.5. The fraction of sp³-hybridized carbons (Fsp3) is 0.600. The van der Waals surface area contributed by atoms with Crippen LogP contribution in [0.3, 0.4) is 0 Å². The molecule has 1 aromatic rings. The predicted octanol–water partition coefficient (Wildman–Crippen LogP) is 0.596. The van der Waals surface area contributed by atoms with E-state index in [1.54, 1.807) is 0 Å². The lowest BCUT2D eigenvalue weighted by Crippen LogP contribution is -2.43. The molecule has 0 spiro atoms. The Balaban J connectivity index is 2.43. The van der Waals surface area contributed by atoms with E-state index in [1.165, 1.54) is 0 Å². The minimum absolute atomic E-state index is 0.255. The molecule has 0 atom stereocenters. The lowest BCUT2D eigenvalue weighted by atomic mass is 10.1. The molecule has 0 bridgehead atoms. The van der Waals surface area contributed by atoms with Crippen LogP contribution in [0.15, 0.2) is 9.59 Å². The molecule has 7 heteroatoms. The quantitative estimate of drug-likeness (QED) is 0.753. The van der Waals surface area contributed by atoms with E-state index in [9.17, 15) is 14.0 Å². The van der Waals surface area contributed by atoms with E-state index in [-0.39, 0.29) is 6.04 Å². The number of H-pyrrole nitrogens is 1. The molecular formula is C10H13ClFN3O2. The second-order valence-electron chi connectivity index (χ2n) is 4.27. The summed E-state index contributed by atoms with van der Waals surface area (Å²) in [5.74, 6) is -1.09. The van der Waals surface area contributed by atoms with Crippen LogP contribution in [0.5, 0.6) is 0 Å². The normalized spacial score (nSPS) is 18.5. The highest BCUT2D eigenvalue weighted by molar-refractivity contribution is 6.29. The first-order valence-electron chi connectivity index (χ1n) is 5.39. The van der Waals surface area contributed by atoms with E-state index < -0.39 is 22.2 Å². The smallest absolute Gasteiger partial charge is 0.306 e. The topological polar surface area (TPSA) is 58.1 Å². The summed E-state index contributed by atoms with van der Waals surface area (Å²) in [6, 6.07) is -0.255. The Hall–Kier alpha value is -1.14. The lowest BCUT2D eigenvalue weighted by molar-refractivity contribution is 0.213. The summed E-state index contributed by atoms with van der Waals surface area (Å²) >= 11 is 5.40. The van der Waals surface area contributed by atoms with E-state index in [4.69, 9.17) is 11.6 Å². The van der Waals surface area contributed by atoms with Crippen molar-refractivity contribution in [3.05, 3.63) is 31.8 Å². The second kappa shape index (κ2) is 4.62. The van der Waals surface area contributed by atoms with Crippen molar-refractivity contribution >= 4 is 11.6 Å². The number of aromatic amines is 1. The summed E-state index contributed by atoms with van der Waals surface area (Å²) in [7, 11) is 1.96. The van der Waals surface area contributed by atoms with Gasteiger partial charge >= 0.3 is 5.69 Å². The molecule has 1 saturated heterocycles. The van der Waals surface area contributed by atoms with Gasteiger partial charge in [-0.3, -0.25) is 14.3 Å². The molecule has 1 aliphatic heterocycles. The molecule has 0 radical (unpaired) electrons. The van der Waals surface area contributed by atoms with Crippen LogP contribution < -0.4 is 11.2 Å². The van der Waals surface area contributed by atoms with E-state index in [0.717, 1.165) is 17.7 Å². The number of halogens is 2. The monoisotopic (exact) mass is 261 g/mol. The SMILES string of the molecule is CN1CCC(n2c(=O)[nH]c(Cl)c(F)c2=O)CC1. The number of hydrogen-bond acceptors (Lipinski definition) is 3. The minimum atomic E-state index is -1.09. The molecule has 1 N–H and O–H groups in total. The van der Waals surface area contributed by atoms with Crippen LogP contribution in [-0.4, -0.2) is 34.6 Å². The zero-order valence-electron chi connectivity index (χ0n) is 9.37. The maximum atomic E-state index is 13.4. The molecule has 0 saturated carbocycles. The minimum Gasteiger partial charge on any atom is -0.306 e. The van der Waals surface area contributed by atoms with Crippen LogP contribution in [0.2, 0.25) is 5.15 Å². The molecule has 17 heavy (non-hydrogen) atoms. The largest absolute Gasteiger partial charge is 0.329 e. The summed E-state index contributed by atoms with van der Waals surface area (Å²) in [4.78, 5) is 27.5. The van der Waals surface area contributed by atoms with E-state index in [2.05, 4.69) is 9.88 Å². The van der Waals surface area contributed by atoms with E-state index in [0.29, 0.717) is 12.8 Å². The Morgan fingerprint density at radius 3 is 2.53 bits per heavy atom. The highest BCUT2D eigenvalue weighted by Gasteiger charge is 2.23. The molecule has 0 aromatic carbocycles. The van der Waals surface area contributed by atoms with Crippen molar-refractivity contribution < 1.29 is 4.39 Å². The van der Waals surface area contributed by atoms with Gasteiger partial charge in [-0.1, -0.05) is 11.6 Å². The zero-order valence-corrected chi connectivity index (χ0v) is 10.1. The molecule has 0 aliphatic carbocycles. The molecule has 0 amide bonds. The van der Waals surface area contributed by atoms with Crippen LogP contribution >= 0.6 is 11.6 Å². The molecule has 2 heterocycles. The first kappa shape index (κ1) is 12.3. The maximum Gasteiger partial charge on any atom is 0.329 e. The summed E-state index contributed by atoms with van der Waals surface area (Å²) in [6.45, 7) is 1.56. The highest BCUT2D eigenvalue weighted by Crippen LogP contribution is 2.18.